The van der Waals surface area contributed by atoms with Crippen molar-refractivity contribution in [1.82, 2.24) is 9.78 Å². The molecule has 19 heavy (non-hydrogen) atoms. The maximum Gasteiger partial charge on any atom is 0.200 e. The van der Waals surface area contributed by atoms with Crippen molar-refractivity contribution >= 4 is 5.78 Å². The monoisotopic (exact) mass is 258 g/mol. The van der Waals surface area contributed by atoms with E-state index < -0.39 is 0 Å². The third-order valence-electron chi connectivity index (χ3n) is 2.85. The summed E-state index contributed by atoms with van der Waals surface area (Å²) in [7, 11) is 1.81. The zero-order chi connectivity index (χ0) is 13.8. The summed E-state index contributed by atoms with van der Waals surface area (Å²) >= 11 is 0. The number of ether oxygens (including phenoxy) is 1. The summed E-state index contributed by atoms with van der Waals surface area (Å²) in [5.74, 6) is 0.593. The molecule has 0 aliphatic heterocycles. The average molecular weight is 258 g/mol. The van der Waals surface area contributed by atoms with Crippen molar-refractivity contribution in [3.63, 3.8) is 0 Å². The molecule has 100 valence electrons. The van der Waals surface area contributed by atoms with Gasteiger partial charge in [-0.3, -0.25) is 9.48 Å². The molecule has 0 N–H and O–H groups in total. The van der Waals surface area contributed by atoms with Crippen LogP contribution in [-0.2, 0) is 7.05 Å². The Labute approximate surface area is 113 Å². The molecule has 1 heterocycles. The molecule has 0 aliphatic rings. The Morgan fingerprint density at radius 3 is 2.68 bits per heavy atom. The number of rotatable bonds is 5. The number of aromatic nitrogens is 2. The molecule has 0 fully saturated rings. The molecule has 2 aromatic rings. The summed E-state index contributed by atoms with van der Waals surface area (Å²) in [6.07, 6.45) is 2.66. The Balaban J connectivity index is 2.36. The van der Waals surface area contributed by atoms with Crippen LogP contribution in [0.4, 0.5) is 0 Å². The van der Waals surface area contributed by atoms with Gasteiger partial charge in [-0.15, -0.1) is 0 Å². The van der Waals surface area contributed by atoms with E-state index in [1.807, 2.05) is 39.1 Å². The van der Waals surface area contributed by atoms with E-state index >= 15 is 0 Å². The van der Waals surface area contributed by atoms with Crippen LogP contribution in [0.15, 0.2) is 30.5 Å². The van der Waals surface area contributed by atoms with Crippen LogP contribution in [-0.4, -0.2) is 22.2 Å². The molecule has 0 aliphatic carbocycles. The first kappa shape index (κ1) is 13.3. The Morgan fingerprint density at radius 1 is 1.32 bits per heavy atom. The number of para-hydroxylation sites is 1. The molecule has 1 aromatic heterocycles. The number of hydrogen-bond donors (Lipinski definition) is 0. The number of nitrogens with zero attached hydrogens (tertiary/aromatic N) is 2. The summed E-state index contributed by atoms with van der Waals surface area (Å²) in [6.45, 7) is 4.48. The van der Waals surface area contributed by atoms with E-state index in [9.17, 15) is 4.79 Å². The van der Waals surface area contributed by atoms with Gasteiger partial charge in [0.2, 0.25) is 0 Å². The van der Waals surface area contributed by atoms with Gasteiger partial charge in [0, 0.05) is 13.2 Å². The van der Waals surface area contributed by atoms with Crippen molar-refractivity contribution in [3.05, 3.63) is 47.3 Å². The van der Waals surface area contributed by atoms with Crippen molar-refractivity contribution in [2.24, 2.45) is 7.05 Å². The third kappa shape index (κ3) is 2.84. The lowest BCUT2D eigenvalue weighted by molar-refractivity contribution is 0.103. The van der Waals surface area contributed by atoms with Crippen LogP contribution in [0.25, 0.3) is 0 Å². The van der Waals surface area contributed by atoms with Gasteiger partial charge in [-0.05, 0) is 25.5 Å². The van der Waals surface area contributed by atoms with Gasteiger partial charge >= 0.3 is 0 Å². The minimum atomic E-state index is -0.0442. The maximum absolute atomic E-state index is 12.5. The number of carbonyl (C=O) groups is 1. The highest BCUT2D eigenvalue weighted by Crippen LogP contribution is 2.22. The zero-order valence-corrected chi connectivity index (χ0v) is 11.5. The molecule has 4 nitrogen and oxygen atoms in total. The minimum absolute atomic E-state index is 0.0442. The van der Waals surface area contributed by atoms with E-state index in [1.54, 1.807) is 16.9 Å². The highest BCUT2D eigenvalue weighted by molar-refractivity contribution is 6.11. The van der Waals surface area contributed by atoms with E-state index in [-0.39, 0.29) is 5.78 Å². The lowest BCUT2D eigenvalue weighted by Crippen LogP contribution is -2.06. The van der Waals surface area contributed by atoms with E-state index in [0.717, 1.165) is 12.1 Å². The summed E-state index contributed by atoms with van der Waals surface area (Å²) in [6, 6.07) is 7.34. The Kier molecular flexibility index (Phi) is 4.00. The molecular formula is C15H18N2O2. The van der Waals surface area contributed by atoms with Crippen molar-refractivity contribution in [3.8, 4) is 5.75 Å². The molecule has 0 amide bonds. The van der Waals surface area contributed by atoms with Gasteiger partial charge in [0.05, 0.1) is 23.4 Å². The largest absolute Gasteiger partial charge is 0.493 e. The number of aryl methyl sites for hydroxylation is 2. The highest BCUT2D eigenvalue weighted by atomic mass is 16.5. The highest BCUT2D eigenvalue weighted by Gasteiger charge is 2.18. The van der Waals surface area contributed by atoms with E-state index in [2.05, 4.69) is 5.10 Å². The van der Waals surface area contributed by atoms with Gasteiger partial charge in [0.25, 0.3) is 0 Å². The van der Waals surface area contributed by atoms with Crippen LogP contribution in [0.3, 0.4) is 0 Å². The molecule has 0 atom stereocenters. The van der Waals surface area contributed by atoms with Crippen molar-refractivity contribution < 1.29 is 9.53 Å². The van der Waals surface area contributed by atoms with Crippen LogP contribution in [0, 0.1) is 6.92 Å². The molecule has 0 radical (unpaired) electrons. The van der Waals surface area contributed by atoms with Crippen molar-refractivity contribution in [2.45, 2.75) is 20.3 Å². The van der Waals surface area contributed by atoms with Crippen molar-refractivity contribution in [2.75, 3.05) is 6.61 Å². The van der Waals surface area contributed by atoms with Crippen LogP contribution in [0.5, 0.6) is 5.75 Å². The quantitative estimate of drug-likeness (QED) is 0.774. The fourth-order valence-corrected chi connectivity index (χ4v) is 1.96. The molecule has 1 aromatic carbocycles. The minimum Gasteiger partial charge on any atom is -0.493 e. The fraction of sp³-hybridized carbons (Fsp3) is 0.333. The number of carbonyl (C=O) groups excluding carboxylic acids is 1. The van der Waals surface area contributed by atoms with Crippen molar-refractivity contribution in [1.29, 1.82) is 0 Å². The second kappa shape index (κ2) is 5.69. The first-order valence-corrected chi connectivity index (χ1v) is 6.40. The number of benzene rings is 1. The topological polar surface area (TPSA) is 44.1 Å². The predicted molar refractivity (Wildman–Crippen MR) is 73.6 cm³/mol. The van der Waals surface area contributed by atoms with Gasteiger partial charge in [0.1, 0.15) is 5.75 Å². The van der Waals surface area contributed by atoms with Gasteiger partial charge < -0.3 is 4.74 Å². The molecule has 2 rings (SSSR count). The van der Waals surface area contributed by atoms with Crippen LogP contribution in [0.1, 0.15) is 35.0 Å². The normalized spacial score (nSPS) is 10.5. The SMILES string of the molecule is CCCOc1ccccc1C(=O)c1cn(C)nc1C. The first-order valence-electron chi connectivity index (χ1n) is 6.40. The molecule has 0 unspecified atom stereocenters. The fourth-order valence-electron chi connectivity index (χ4n) is 1.96. The molecule has 0 spiro atoms. The van der Waals surface area contributed by atoms with Gasteiger partial charge in [-0.1, -0.05) is 19.1 Å². The van der Waals surface area contributed by atoms with E-state index in [1.165, 1.54) is 0 Å². The summed E-state index contributed by atoms with van der Waals surface area (Å²) in [5, 5.41) is 4.20. The van der Waals surface area contributed by atoms with E-state index in [4.69, 9.17) is 4.74 Å². The summed E-state index contributed by atoms with van der Waals surface area (Å²) in [4.78, 5) is 12.5. The molecule has 4 heteroatoms. The van der Waals surface area contributed by atoms with Gasteiger partial charge in [-0.25, -0.2) is 0 Å². The molecule has 0 bridgehead atoms. The lowest BCUT2D eigenvalue weighted by Gasteiger charge is -2.09. The van der Waals surface area contributed by atoms with Gasteiger partial charge in [0.15, 0.2) is 5.78 Å². The van der Waals surface area contributed by atoms with Crippen LogP contribution in [0.2, 0.25) is 0 Å². The second-order valence-electron chi connectivity index (χ2n) is 4.48. The lowest BCUT2D eigenvalue weighted by atomic mass is 10.0. The zero-order valence-electron chi connectivity index (χ0n) is 11.5. The predicted octanol–water partition coefficient (Wildman–Crippen LogP) is 2.75. The molecular weight excluding hydrogens is 240 g/mol. The second-order valence-corrected chi connectivity index (χ2v) is 4.48. The van der Waals surface area contributed by atoms with Crippen LogP contribution >= 0.6 is 0 Å². The summed E-state index contributed by atoms with van der Waals surface area (Å²) < 4.78 is 7.28. The Bertz CT molecular complexity index is 588. The Morgan fingerprint density at radius 2 is 2.05 bits per heavy atom. The van der Waals surface area contributed by atoms with E-state index in [0.29, 0.717) is 23.5 Å². The molecule has 0 saturated carbocycles. The number of hydrogen-bond acceptors (Lipinski definition) is 3. The smallest absolute Gasteiger partial charge is 0.200 e. The maximum atomic E-state index is 12.5. The van der Waals surface area contributed by atoms with Crippen LogP contribution < -0.4 is 4.74 Å². The number of ketones is 1. The standard InChI is InChI=1S/C15H18N2O2/c1-4-9-19-14-8-6-5-7-12(14)15(18)13-10-17(3)16-11(13)2/h5-8,10H,4,9H2,1-3H3. The molecule has 0 saturated heterocycles. The summed E-state index contributed by atoms with van der Waals surface area (Å²) in [5.41, 5.74) is 1.94. The first-order chi connectivity index (χ1) is 9.13. The van der Waals surface area contributed by atoms with Gasteiger partial charge in [-0.2, -0.15) is 5.10 Å². The average Bonchev–Trinajstić information content (AvgIpc) is 2.75. The third-order valence-corrected chi connectivity index (χ3v) is 2.85. The Hall–Kier alpha value is -2.10.